The van der Waals surface area contributed by atoms with E-state index in [1.54, 1.807) is 11.3 Å². The van der Waals surface area contributed by atoms with Crippen LogP contribution in [0.4, 0.5) is 0 Å². The van der Waals surface area contributed by atoms with Gasteiger partial charge in [-0.05, 0) is 41.5 Å². The molecule has 1 aromatic carbocycles. The van der Waals surface area contributed by atoms with E-state index in [1.807, 2.05) is 24.4 Å². The van der Waals surface area contributed by atoms with Gasteiger partial charge in [0.05, 0.1) is 0 Å². The number of rotatable bonds is 0. The van der Waals surface area contributed by atoms with Crippen molar-refractivity contribution in [2.24, 2.45) is 0 Å². The highest BCUT2D eigenvalue weighted by Crippen LogP contribution is 2.27. The Labute approximate surface area is 89.8 Å². The average Bonchev–Trinajstić information content (AvgIpc) is 2.61. The summed E-state index contributed by atoms with van der Waals surface area (Å²) in [7, 11) is 0. The Bertz CT molecular complexity index is 706. The molecule has 0 atom stereocenters. The van der Waals surface area contributed by atoms with E-state index >= 15 is 0 Å². The van der Waals surface area contributed by atoms with Crippen molar-refractivity contribution in [3.63, 3.8) is 0 Å². The highest BCUT2D eigenvalue weighted by Gasteiger charge is 2.04. The number of benzene rings is 1. The molecule has 2 aromatic heterocycles. The summed E-state index contributed by atoms with van der Waals surface area (Å²) in [4.78, 5) is 11.2. The molecule has 2 nitrogen and oxygen atoms in total. The van der Waals surface area contributed by atoms with Crippen molar-refractivity contribution in [3.05, 3.63) is 45.6 Å². The lowest BCUT2D eigenvalue weighted by atomic mass is 10.1. The molecule has 0 unspecified atom stereocenters. The summed E-state index contributed by atoms with van der Waals surface area (Å²) in [5.41, 5.74) is 1.36. The monoisotopic (exact) mass is 216 g/mol. The maximum Gasteiger partial charge on any atom is 0.336 e. The van der Waals surface area contributed by atoms with Crippen LogP contribution in [0, 0.1) is 6.92 Å². The predicted octanol–water partition coefficient (Wildman–Crippen LogP) is 3.32. The van der Waals surface area contributed by atoms with Crippen molar-refractivity contribution in [2.75, 3.05) is 0 Å². The lowest BCUT2D eigenvalue weighted by Gasteiger charge is -1.99. The standard InChI is InChI=1S/C12H8O2S/c1-7-4-12(13)14-10-5-8-2-3-15-11(8)6-9(7)10/h2-6H,1H3. The van der Waals surface area contributed by atoms with E-state index in [-0.39, 0.29) is 5.63 Å². The van der Waals surface area contributed by atoms with Crippen LogP contribution < -0.4 is 5.63 Å². The maximum absolute atomic E-state index is 11.2. The van der Waals surface area contributed by atoms with E-state index in [0.717, 1.165) is 16.3 Å². The van der Waals surface area contributed by atoms with Gasteiger partial charge < -0.3 is 4.42 Å². The van der Waals surface area contributed by atoms with Gasteiger partial charge >= 0.3 is 5.63 Å². The van der Waals surface area contributed by atoms with E-state index in [4.69, 9.17) is 4.42 Å². The van der Waals surface area contributed by atoms with Crippen LogP contribution in [0.1, 0.15) is 5.56 Å². The molecule has 0 fully saturated rings. The zero-order valence-electron chi connectivity index (χ0n) is 8.11. The van der Waals surface area contributed by atoms with Crippen LogP contribution in [0.25, 0.3) is 21.1 Å². The summed E-state index contributed by atoms with van der Waals surface area (Å²) in [5.74, 6) is 0. The molecule has 0 radical (unpaired) electrons. The van der Waals surface area contributed by atoms with Gasteiger partial charge in [0.1, 0.15) is 5.58 Å². The molecule has 0 spiro atoms. The van der Waals surface area contributed by atoms with Crippen LogP contribution in [0.5, 0.6) is 0 Å². The molecule has 0 aliphatic rings. The minimum atomic E-state index is -0.283. The fourth-order valence-corrected chi connectivity index (χ4v) is 2.58. The van der Waals surface area contributed by atoms with Gasteiger partial charge in [0, 0.05) is 16.2 Å². The number of thiophene rings is 1. The van der Waals surface area contributed by atoms with Gasteiger partial charge in [0.15, 0.2) is 0 Å². The first-order chi connectivity index (χ1) is 7.24. The van der Waals surface area contributed by atoms with E-state index in [2.05, 4.69) is 6.07 Å². The highest BCUT2D eigenvalue weighted by atomic mass is 32.1. The van der Waals surface area contributed by atoms with Gasteiger partial charge in [0.2, 0.25) is 0 Å². The zero-order valence-corrected chi connectivity index (χ0v) is 8.93. The first-order valence-corrected chi connectivity index (χ1v) is 5.54. The first-order valence-electron chi connectivity index (χ1n) is 4.66. The Balaban J connectivity index is 2.59. The summed E-state index contributed by atoms with van der Waals surface area (Å²) >= 11 is 1.70. The van der Waals surface area contributed by atoms with Crippen molar-refractivity contribution in [1.29, 1.82) is 0 Å². The summed E-state index contributed by atoms with van der Waals surface area (Å²) in [6, 6.07) is 7.56. The van der Waals surface area contributed by atoms with Gasteiger partial charge in [-0.1, -0.05) is 0 Å². The number of fused-ring (bicyclic) bond motifs is 2. The second-order valence-electron chi connectivity index (χ2n) is 3.56. The van der Waals surface area contributed by atoms with Crippen LogP contribution in [-0.2, 0) is 0 Å². The normalized spacial score (nSPS) is 11.3. The molecule has 0 saturated heterocycles. The molecule has 0 saturated carbocycles. The van der Waals surface area contributed by atoms with E-state index in [1.165, 1.54) is 10.8 Å². The van der Waals surface area contributed by atoms with Crippen molar-refractivity contribution in [3.8, 4) is 0 Å². The van der Waals surface area contributed by atoms with Crippen LogP contribution in [-0.4, -0.2) is 0 Å². The summed E-state index contributed by atoms with van der Waals surface area (Å²) in [6.07, 6.45) is 0. The summed E-state index contributed by atoms with van der Waals surface area (Å²) in [6.45, 7) is 1.93. The van der Waals surface area contributed by atoms with Crippen LogP contribution in [0.3, 0.4) is 0 Å². The number of aryl methyl sites for hydroxylation is 1. The minimum absolute atomic E-state index is 0.283. The van der Waals surface area contributed by atoms with E-state index in [0.29, 0.717) is 5.58 Å². The molecule has 0 amide bonds. The van der Waals surface area contributed by atoms with Gasteiger partial charge in [-0.3, -0.25) is 0 Å². The average molecular weight is 216 g/mol. The Hall–Kier alpha value is -1.61. The Morgan fingerprint density at radius 3 is 3.00 bits per heavy atom. The van der Waals surface area contributed by atoms with Crippen molar-refractivity contribution < 1.29 is 4.42 Å². The smallest absolute Gasteiger partial charge is 0.336 e. The number of hydrogen-bond acceptors (Lipinski definition) is 3. The molecule has 74 valence electrons. The van der Waals surface area contributed by atoms with Gasteiger partial charge in [0.25, 0.3) is 0 Å². The third-order valence-corrected chi connectivity index (χ3v) is 3.40. The molecular formula is C12H8O2S. The third kappa shape index (κ3) is 1.27. The van der Waals surface area contributed by atoms with Crippen molar-refractivity contribution in [1.82, 2.24) is 0 Å². The highest BCUT2D eigenvalue weighted by molar-refractivity contribution is 7.17. The molecule has 3 rings (SSSR count). The van der Waals surface area contributed by atoms with E-state index in [9.17, 15) is 4.79 Å². The second kappa shape index (κ2) is 2.94. The number of hydrogen-bond donors (Lipinski definition) is 0. The second-order valence-corrected chi connectivity index (χ2v) is 4.50. The minimum Gasteiger partial charge on any atom is -0.423 e. The van der Waals surface area contributed by atoms with Crippen LogP contribution in [0.15, 0.2) is 38.9 Å². The predicted molar refractivity (Wildman–Crippen MR) is 62.6 cm³/mol. The Morgan fingerprint density at radius 2 is 2.13 bits per heavy atom. The van der Waals surface area contributed by atoms with Gasteiger partial charge in [-0.25, -0.2) is 4.79 Å². The van der Waals surface area contributed by atoms with Gasteiger partial charge in [-0.2, -0.15) is 0 Å². The largest absolute Gasteiger partial charge is 0.423 e. The van der Waals surface area contributed by atoms with Gasteiger partial charge in [-0.15, -0.1) is 11.3 Å². The van der Waals surface area contributed by atoms with Crippen molar-refractivity contribution >= 4 is 32.4 Å². The molecule has 3 heteroatoms. The summed E-state index contributed by atoms with van der Waals surface area (Å²) < 4.78 is 6.39. The SMILES string of the molecule is Cc1cc(=O)oc2cc3ccsc3cc12. The molecule has 15 heavy (non-hydrogen) atoms. The molecule has 2 heterocycles. The maximum atomic E-state index is 11.2. The topological polar surface area (TPSA) is 30.2 Å². The lowest BCUT2D eigenvalue weighted by Crippen LogP contribution is -1.97. The zero-order chi connectivity index (χ0) is 10.4. The summed E-state index contributed by atoms with van der Waals surface area (Å²) in [5, 5.41) is 4.18. The Kier molecular flexibility index (Phi) is 1.70. The Morgan fingerprint density at radius 1 is 1.27 bits per heavy atom. The van der Waals surface area contributed by atoms with Crippen LogP contribution >= 0.6 is 11.3 Å². The fourth-order valence-electron chi connectivity index (χ4n) is 1.77. The molecule has 0 N–H and O–H groups in total. The lowest BCUT2D eigenvalue weighted by molar-refractivity contribution is 0.560. The van der Waals surface area contributed by atoms with Crippen LogP contribution in [0.2, 0.25) is 0 Å². The third-order valence-electron chi connectivity index (χ3n) is 2.52. The molecule has 0 bridgehead atoms. The first kappa shape index (κ1) is 8.68. The molecule has 3 aromatic rings. The van der Waals surface area contributed by atoms with Crippen molar-refractivity contribution in [2.45, 2.75) is 6.92 Å². The fraction of sp³-hybridized carbons (Fsp3) is 0.0833. The van der Waals surface area contributed by atoms with E-state index < -0.39 is 0 Å². The molecule has 0 aliphatic carbocycles. The molecule has 0 aliphatic heterocycles. The quantitative estimate of drug-likeness (QED) is 0.539. The molecular weight excluding hydrogens is 208 g/mol.